The van der Waals surface area contributed by atoms with Gasteiger partial charge in [-0.25, -0.2) is 0 Å². The number of methoxy groups -OCH3 is 1. The van der Waals surface area contributed by atoms with Gasteiger partial charge in [0.25, 0.3) is 0 Å². The first kappa shape index (κ1) is 12.9. The Kier molecular flexibility index (Phi) is 3.92. The van der Waals surface area contributed by atoms with E-state index in [4.69, 9.17) is 10.5 Å². The molecule has 1 saturated heterocycles. The molecule has 0 amide bonds. The first-order valence-corrected chi connectivity index (χ1v) is 7.82. The van der Waals surface area contributed by atoms with Gasteiger partial charge in [-0.05, 0) is 37.5 Å². The van der Waals surface area contributed by atoms with E-state index in [9.17, 15) is 0 Å². The van der Waals surface area contributed by atoms with Gasteiger partial charge in [0.2, 0.25) is 0 Å². The van der Waals surface area contributed by atoms with Crippen LogP contribution in [-0.4, -0.2) is 43.3 Å². The lowest BCUT2D eigenvalue weighted by molar-refractivity contribution is -0.00484. The molecule has 0 spiro atoms. The zero-order valence-electron chi connectivity index (χ0n) is 11.7. The Morgan fingerprint density at radius 3 is 2.61 bits per heavy atom. The van der Waals surface area contributed by atoms with Crippen molar-refractivity contribution < 1.29 is 4.74 Å². The lowest BCUT2D eigenvalue weighted by Gasteiger charge is -2.37. The minimum atomic E-state index is 0.457. The van der Waals surface area contributed by atoms with Crippen LogP contribution in [0.2, 0.25) is 0 Å². The molecule has 1 aliphatic heterocycles. The average molecular weight is 252 g/mol. The molecule has 0 radical (unpaired) electrons. The van der Waals surface area contributed by atoms with Gasteiger partial charge >= 0.3 is 0 Å². The van der Waals surface area contributed by atoms with Gasteiger partial charge in [-0.3, -0.25) is 4.90 Å². The van der Waals surface area contributed by atoms with Crippen molar-refractivity contribution in [3.8, 4) is 0 Å². The first-order chi connectivity index (χ1) is 8.79. The minimum absolute atomic E-state index is 0.457. The summed E-state index contributed by atoms with van der Waals surface area (Å²) in [6.45, 7) is 2.51. The quantitative estimate of drug-likeness (QED) is 0.817. The van der Waals surface area contributed by atoms with E-state index in [1.54, 1.807) is 0 Å². The van der Waals surface area contributed by atoms with Gasteiger partial charge < -0.3 is 10.5 Å². The van der Waals surface area contributed by atoms with E-state index in [1.165, 1.54) is 58.0 Å². The Bertz CT molecular complexity index is 284. The van der Waals surface area contributed by atoms with Crippen LogP contribution in [0.4, 0.5) is 0 Å². The molecule has 3 aliphatic rings. The van der Waals surface area contributed by atoms with Crippen LogP contribution in [-0.2, 0) is 4.74 Å². The van der Waals surface area contributed by atoms with Crippen molar-refractivity contribution in [3.63, 3.8) is 0 Å². The largest absolute Gasteiger partial charge is 0.380 e. The number of hydrogen-bond acceptors (Lipinski definition) is 3. The van der Waals surface area contributed by atoms with Crippen molar-refractivity contribution in [3.05, 3.63) is 0 Å². The minimum Gasteiger partial charge on any atom is -0.380 e. The Morgan fingerprint density at radius 1 is 1.00 bits per heavy atom. The van der Waals surface area contributed by atoms with Crippen LogP contribution in [0.3, 0.4) is 0 Å². The number of likely N-dealkylation sites (tertiary alicyclic amines) is 1. The van der Waals surface area contributed by atoms with Gasteiger partial charge in [0.15, 0.2) is 0 Å². The van der Waals surface area contributed by atoms with Crippen molar-refractivity contribution >= 4 is 0 Å². The zero-order valence-corrected chi connectivity index (χ0v) is 11.7. The summed E-state index contributed by atoms with van der Waals surface area (Å²) in [4.78, 5) is 2.72. The molecule has 0 bridgehead atoms. The second kappa shape index (κ2) is 5.48. The third-order valence-corrected chi connectivity index (χ3v) is 5.62. The van der Waals surface area contributed by atoms with Crippen molar-refractivity contribution in [2.75, 3.05) is 20.2 Å². The van der Waals surface area contributed by atoms with Gasteiger partial charge in [0.05, 0.1) is 6.10 Å². The maximum atomic E-state index is 6.32. The van der Waals surface area contributed by atoms with E-state index in [0.717, 1.165) is 11.8 Å². The summed E-state index contributed by atoms with van der Waals surface area (Å²) in [5, 5.41) is 0. The van der Waals surface area contributed by atoms with Crippen LogP contribution in [0.15, 0.2) is 0 Å². The highest BCUT2D eigenvalue weighted by Gasteiger charge is 2.42. The van der Waals surface area contributed by atoms with Crippen molar-refractivity contribution in [2.24, 2.45) is 17.6 Å². The molecule has 5 unspecified atom stereocenters. The van der Waals surface area contributed by atoms with E-state index < -0.39 is 0 Å². The maximum absolute atomic E-state index is 6.32. The molecule has 3 heteroatoms. The van der Waals surface area contributed by atoms with Gasteiger partial charge in [-0.15, -0.1) is 0 Å². The Balaban J connectivity index is 1.66. The summed E-state index contributed by atoms with van der Waals surface area (Å²) in [7, 11) is 1.89. The SMILES string of the molecule is COC1CCCCC1N1CC2CCCC(N)C2C1. The topological polar surface area (TPSA) is 38.5 Å². The third kappa shape index (κ3) is 2.33. The van der Waals surface area contributed by atoms with Gasteiger partial charge in [-0.2, -0.15) is 0 Å². The van der Waals surface area contributed by atoms with Crippen molar-refractivity contribution in [2.45, 2.75) is 63.1 Å². The summed E-state index contributed by atoms with van der Waals surface area (Å²) >= 11 is 0. The molecule has 0 aromatic heterocycles. The molecule has 3 fully saturated rings. The number of hydrogen-bond donors (Lipinski definition) is 1. The number of nitrogens with zero attached hydrogens (tertiary/aromatic N) is 1. The third-order valence-electron chi connectivity index (χ3n) is 5.62. The summed E-state index contributed by atoms with van der Waals surface area (Å²) in [6, 6.07) is 1.12. The zero-order chi connectivity index (χ0) is 12.5. The predicted octanol–water partition coefficient (Wildman–Crippen LogP) is 2.00. The number of nitrogens with two attached hydrogens (primary N) is 1. The predicted molar refractivity (Wildman–Crippen MR) is 73.4 cm³/mol. The van der Waals surface area contributed by atoms with Crippen LogP contribution in [0, 0.1) is 11.8 Å². The molecule has 5 atom stereocenters. The van der Waals surface area contributed by atoms with Gasteiger partial charge in [-0.1, -0.05) is 19.3 Å². The second-order valence-electron chi connectivity index (χ2n) is 6.60. The smallest absolute Gasteiger partial charge is 0.0726 e. The second-order valence-corrected chi connectivity index (χ2v) is 6.60. The van der Waals surface area contributed by atoms with Crippen molar-refractivity contribution in [1.82, 2.24) is 4.90 Å². The van der Waals surface area contributed by atoms with Gasteiger partial charge in [0.1, 0.15) is 0 Å². The van der Waals surface area contributed by atoms with Crippen LogP contribution >= 0.6 is 0 Å². The van der Waals surface area contributed by atoms with E-state index in [1.807, 2.05) is 7.11 Å². The van der Waals surface area contributed by atoms with E-state index in [2.05, 4.69) is 4.90 Å². The number of rotatable bonds is 2. The monoisotopic (exact) mass is 252 g/mol. The molecule has 0 aromatic rings. The lowest BCUT2D eigenvalue weighted by atomic mass is 9.78. The number of fused-ring (bicyclic) bond motifs is 1. The molecule has 3 rings (SSSR count). The molecule has 2 saturated carbocycles. The Morgan fingerprint density at radius 2 is 1.83 bits per heavy atom. The molecular weight excluding hydrogens is 224 g/mol. The normalized spacial score (nSPS) is 46.0. The molecule has 2 N–H and O–H groups in total. The maximum Gasteiger partial charge on any atom is 0.0726 e. The van der Waals surface area contributed by atoms with Crippen LogP contribution in [0.25, 0.3) is 0 Å². The average Bonchev–Trinajstić information content (AvgIpc) is 2.84. The standard InChI is InChI=1S/C15H28N2O/c1-18-15-8-3-2-7-14(15)17-9-11-5-4-6-13(16)12(11)10-17/h11-15H,2-10,16H2,1H3. The fourth-order valence-electron chi connectivity index (χ4n) is 4.59. The van der Waals surface area contributed by atoms with E-state index >= 15 is 0 Å². The molecule has 2 aliphatic carbocycles. The van der Waals surface area contributed by atoms with Crippen molar-refractivity contribution in [1.29, 1.82) is 0 Å². The first-order valence-electron chi connectivity index (χ1n) is 7.82. The molecule has 1 heterocycles. The molecule has 0 aromatic carbocycles. The lowest BCUT2D eigenvalue weighted by Crippen LogP contribution is -2.46. The van der Waals surface area contributed by atoms with E-state index in [0.29, 0.717) is 18.2 Å². The van der Waals surface area contributed by atoms with Crippen LogP contribution in [0.5, 0.6) is 0 Å². The highest BCUT2D eigenvalue weighted by molar-refractivity contribution is 4.97. The van der Waals surface area contributed by atoms with E-state index in [-0.39, 0.29) is 0 Å². The molecule has 3 nitrogen and oxygen atoms in total. The molecule has 18 heavy (non-hydrogen) atoms. The Hall–Kier alpha value is -0.120. The summed E-state index contributed by atoms with van der Waals surface area (Å²) < 4.78 is 5.72. The van der Waals surface area contributed by atoms with Crippen LogP contribution < -0.4 is 5.73 Å². The fraction of sp³-hybridized carbons (Fsp3) is 1.00. The summed E-state index contributed by atoms with van der Waals surface area (Å²) in [5.41, 5.74) is 6.32. The number of ether oxygens (including phenoxy) is 1. The summed E-state index contributed by atoms with van der Waals surface area (Å²) in [5.74, 6) is 1.63. The summed E-state index contributed by atoms with van der Waals surface area (Å²) in [6.07, 6.45) is 9.75. The van der Waals surface area contributed by atoms with Gasteiger partial charge in [0, 0.05) is 32.3 Å². The van der Waals surface area contributed by atoms with Crippen LogP contribution in [0.1, 0.15) is 44.9 Å². The molecule has 104 valence electrons. The fourth-order valence-corrected chi connectivity index (χ4v) is 4.59. The Labute approximate surface area is 111 Å². The molecular formula is C15H28N2O. The highest BCUT2D eigenvalue weighted by Crippen LogP contribution is 2.38. The highest BCUT2D eigenvalue weighted by atomic mass is 16.5.